The zero-order chi connectivity index (χ0) is 18.9. The smallest absolute Gasteiger partial charge is 0.245 e. The minimum Gasteiger partial charge on any atom is -0.394 e. The molecule has 4 aromatic heterocycles. The molecule has 0 amide bonds. The molecule has 0 unspecified atom stereocenters. The highest BCUT2D eigenvalue weighted by molar-refractivity contribution is 5.73. The normalized spacial score (nSPS) is 16.8. The zero-order valence-corrected chi connectivity index (χ0v) is 15.2. The topological polar surface area (TPSA) is 96.4 Å². The van der Waals surface area contributed by atoms with Crippen LogP contribution >= 0.6 is 0 Å². The second kappa shape index (κ2) is 6.93. The summed E-state index contributed by atoms with van der Waals surface area (Å²) in [6.45, 7) is 0.945. The second-order valence-electron chi connectivity index (χ2n) is 6.77. The number of pyridine rings is 1. The van der Waals surface area contributed by atoms with Crippen molar-refractivity contribution in [2.45, 2.75) is 18.9 Å². The SMILES string of the molecule is OC[C@@H]1CCCN1c1nc(Nc2cn(-c3ccncc3)cn2)c2cccn2n1. The molecule has 1 aliphatic heterocycles. The van der Waals surface area contributed by atoms with E-state index in [-0.39, 0.29) is 12.6 Å². The van der Waals surface area contributed by atoms with Gasteiger partial charge < -0.3 is 19.9 Å². The van der Waals surface area contributed by atoms with Crippen molar-refractivity contribution in [3.8, 4) is 5.69 Å². The van der Waals surface area contributed by atoms with Crippen molar-refractivity contribution < 1.29 is 5.11 Å². The maximum Gasteiger partial charge on any atom is 0.245 e. The molecule has 0 aliphatic carbocycles. The zero-order valence-electron chi connectivity index (χ0n) is 15.2. The molecule has 2 N–H and O–H groups in total. The van der Waals surface area contributed by atoms with Crippen molar-refractivity contribution >= 4 is 23.1 Å². The van der Waals surface area contributed by atoms with Crippen LogP contribution in [0.5, 0.6) is 0 Å². The molecule has 5 rings (SSSR count). The summed E-state index contributed by atoms with van der Waals surface area (Å²) in [5.74, 6) is 1.97. The molecule has 1 aliphatic rings. The number of hydrogen-bond donors (Lipinski definition) is 2. The lowest BCUT2D eigenvalue weighted by Gasteiger charge is -2.23. The number of fused-ring (bicyclic) bond motifs is 1. The van der Waals surface area contributed by atoms with Gasteiger partial charge in [-0.25, -0.2) is 9.50 Å². The van der Waals surface area contributed by atoms with Gasteiger partial charge in [0.15, 0.2) is 5.82 Å². The van der Waals surface area contributed by atoms with Crippen LogP contribution in [-0.2, 0) is 0 Å². The third-order valence-corrected chi connectivity index (χ3v) is 5.01. The summed E-state index contributed by atoms with van der Waals surface area (Å²) in [6, 6.07) is 7.79. The van der Waals surface area contributed by atoms with E-state index < -0.39 is 0 Å². The summed E-state index contributed by atoms with van der Waals surface area (Å²) in [7, 11) is 0. The first-order valence-corrected chi connectivity index (χ1v) is 9.26. The van der Waals surface area contributed by atoms with Crippen molar-refractivity contribution in [3.05, 3.63) is 55.4 Å². The maximum absolute atomic E-state index is 9.65. The van der Waals surface area contributed by atoms with Crippen LogP contribution in [0.1, 0.15) is 12.8 Å². The van der Waals surface area contributed by atoms with Crippen LogP contribution in [0.2, 0.25) is 0 Å². The average molecular weight is 376 g/mol. The maximum atomic E-state index is 9.65. The summed E-state index contributed by atoms with van der Waals surface area (Å²) in [5, 5.41) is 17.6. The molecule has 142 valence electrons. The van der Waals surface area contributed by atoms with Gasteiger partial charge in [0.05, 0.1) is 18.8 Å². The first kappa shape index (κ1) is 16.7. The van der Waals surface area contributed by atoms with Gasteiger partial charge in [0, 0.05) is 30.8 Å². The number of aromatic nitrogens is 6. The minimum absolute atomic E-state index is 0.0618. The molecule has 0 saturated carbocycles. The fourth-order valence-corrected chi connectivity index (χ4v) is 3.59. The molecule has 0 bridgehead atoms. The molecule has 9 heteroatoms. The van der Waals surface area contributed by atoms with E-state index in [1.165, 1.54) is 0 Å². The van der Waals surface area contributed by atoms with E-state index in [1.54, 1.807) is 23.2 Å². The first-order valence-electron chi connectivity index (χ1n) is 9.26. The van der Waals surface area contributed by atoms with Gasteiger partial charge in [0.1, 0.15) is 17.7 Å². The lowest BCUT2D eigenvalue weighted by Crippen LogP contribution is -2.34. The van der Waals surface area contributed by atoms with Gasteiger partial charge in [-0.2, -0.15) is 4.98 Å². The van der Waals surface area contributed by atoms with E-state index in [0.717, 1.165) is 30.6 Å². The fourth-order valence-electron chi connectivity index (χ4n) is 3.59. The Morgan fingerprint density at radius 2 is 2.11 bits per heavy atom. The third kappa shape index (κ3) is 2.95. The van der Waals surface area contributed by atoms with Crippen molar-refractivity contribution in [3.63, 3.8) is 0 Å². The van der Waals surface area contributed by atoms with Crippen LogP contribution in [0.25, 0.3) is 11.2 Å². The Balaban J connectivity index is 1.49. The highest BCUT2D eigenvalue weighted by Gasteiger charge is 2.27. The molecule has 1 atom stereocenters. The highest BCUT2D eigenvalue weighted by atomic mass is 16.3. The Morgan fingerprint density at radius 3 is 2.96 bits per heavy atom. The molecule has 5 heterocycles. The molecule has 9 nitrogen and oxygen atoms in total. The molecular weight excluding hydrogens is 356 g/mol. The second-order valence-corrected chi connectivity index (χ2v) is 6.77. The van der Waals surface area contributed by atoms with Crippen molar-refractivity contribution in [1.29, 1.82) is 0 Å². The summed E-state index contributed by atoms with van der Waals surface area (Å²) in [6.07, 6.45) is 11.0. The van der Waals surface area contributed by atoms with Gasteiger partial charge in [-0.3, -0.25) is 4.98 Å². The predicted octanol–water partition coefficient (Wildman–Crippen LogP) is 2.01. The third-order valence-electron chi connectivity index (χ3n) is 5.01. The molecule has 4 aromatic rings. The molecule has 0 aromatic carbocycles. The summed E-state index contributed by atoms with van der Waals surface area (Å²) < 4.78 is 3.72. The summed E-state index contributed by atoms with van der Waals surface area (Å²) >= 11 is 0. The molecule has 28 heavy (non-hydrogen) atoms. The number of hydrogen-bond acceptors (Lipinski definition) is 7. The van der Waals surface area contributed by atoms with Crippen LogP contribution in [0.15, 0.2) is 55.4 Å². The Hall–Kier alpha value is -3.46. The number of anilines is 3. The highest BCUT2D eigenvalue weighted by Crippen LogP contribution is 2.26. The molecule has 0 spiro atoms. The van der Waals surface area contributed by atoms with E-state index in [1.807, 2.05) is 41.2 Å². The average Bonchev–Trinajstić information content (AvgIpc) is 3.48. The molecular formula is C19H20N8O. The molecule has 1 fully saturated rings. The number of aliphatic hydroxyl groups excluding tert-OH is 1. The van der Waals surface area contributed by atoms with E-state index in [9.17, 15) is 5.11 Å². The lowest BCUT2D eigenvalue weighted by molar-refractivity contribution is 0.265. The van der Waals surface area contributed by atoms with Crippen molar-refractivity contribution in [2.75, 3.05) is 23.4 Å². The fraction of sp³-hybridized carbons (Fsp3) is 0.263. The van der Waals surface area contributed by atoms with Gasteiger partial charge >= 0.3 is 0 Å². The van der Waals surface area contributed by atoms with Crippen LogP contribution in [0.3, 0.4) is 0 Å². The molecule has 0 radical (unpaired) electrons. The standard InChI is InChI=1S/C19H20N8O/c28-12-15-3-1-9-26(15)19-23-18(16-4-2-10-27(16)24-19)22-17-11-25(13-21-17)14-5-7-20-8-6-14/h2,4-8,10-11,13,15,28H,1,3,9,12H2,(H,22,23,24)/t15-/m0/s1. The van der Waals surface area contributed by atoms with Gasteiger partial charge in [-0.15, -0.1) is 5.10 Å². The summed E-state index contributed by atoms with van der Waals surface area (Å²) in [5.41, 5.74) is 1.84. The Morgan fingerprint density at radius 1 is 1.21 bits per heavy atom. The van der Waals surface area contributed by atoms with E-state index >= 15 is 0 Å². The number of imidazole rings is 1. The van der Waals surface area contributed by atoms with E-state index in [2.05, 4.69) is 25.3 Å². The Kier molecular flexibility index (Phi) is 4.13. The van der Waals surface area contributed by atoms with Gasteiger partial charge in [0.2, 0.25) is 5.95 Å². The lowest BCUT2D eigenvalue weighted by atomic mass is 10.2. The van der Waals surface area contributed by atoms with Crippen LogP contribution < -0.4 is 10.2 Å². The van der Waals surface area contributed by atoms with E-state index in [4.69, 9.17) is 4.98 Å². The van der Waals surface area contributed by atoms with Gasteiger partial charge in [-0.1, -0.05) is 0 Å². The van der Waals surface area contributed by atoms with Crippen LogP contribution in [-0.4, -0.2) is 53.4 Å². The number of aliphatic hydroxyl groups is 1. The monoisotopic (exact) mass is 376 g/mol. The number of nitrogens with zero attached hydrogens (tertiary/aromatic N) is 7. The van der Waals surface area contributed by atoms with Crippen molar-refractivity contribution in [1.82, 2.24) is 29.1 Å². The number of rotatable bonds is 5. The van der Waals surface area contributed by atoms with Gasteiger partial charge in [0.25, 0.3) is 0 Å². The van der Waals surface area contributed by atoms with Crippen molar-refractivity contribution in [2.24, 2.45) is 0 Å². The van der Waals surface area contributed by atoms with Crippen LogP contribution in [0, 0.1) is 0 Å². The Labute approximate surface area is 161 Å². The predicted molar refractivity (Wildman–Crippen MR) is 105 cm³/mol. The van der Waals surface area contributed by atoms with Gasteiger partial charge in [-0.05, 0) is 37.1 Å². The number of nitrogens with one attached hydrogen (secondary N) is 1. The van der Waals surface area contributed by atoms with E-state index in [0.29, 0.717) is 17.6 Å². The minimum atomic E-state index is 0.0618. The quantitative estimate of drug-likeness (QED) is 0.550. The molecule has 1 saturated heterocycles. The summed E-state index contributed by atoms with van der Waals surface area (Å²) in [4.78, 5) is 15.3. The first-order chi connectivity index (χ1) is 13.8. The largest absolute Gasteiger partial charge is 0.394 e. The Bertz CT molecular complexity index is 1090. The van der Waals surface area contributed by atoms with Crippen LogP contribution in [0.4, 0.5) is 17.6 Å².